The van der Waals surface area contributed by atoms with Crippen LogP contribution < -0.4 is 0 Å². The number of pyridine rings is 1. The van der Waals surface area contributed by atoms with Gasteiger partial charge in [-0.3, -0.25) is 4.98 Å². The van der Waals surface area contributed by atoms with Crippen molar-refractivity contribution in [2.24, 2.45) is 5.92 Å². The molecule has 154 valence electrons. The molecular formula is C24H22ClF2N3. The third kappa shape index (κ3) is 3.45. The van der Waals surface area contributed by atoms with Crippen molar-refractivity contribution in [3.63, 3.8) is 0 Å². The van der Waals surface area contributed by atoms with Crippen molar-refractivity contribution in [3.05, 3.63) is 70.6 Å². The fourth-order valence-electron chi connectivity index (χ4n) is 4.89. The summed E-state index contributed by atoms with van der Waals surface area (Å²) < 4.78 is 27.5. The van der Waals surface area contributed by atoms with Crippen LogP contribution in [0.1, 0.15) is 55.8 Å². The van der Waals surface area contributed by atoms with Gasteiger partial charge in [-0.1, -0.05) is 18.5 Å². The van der Waals surface area contributed by atoms with Gasteiger partial charge in [0.2, 0.25) is 0 Å². The number of H-pyrrole nitrogens is 1. The zero-order valence-electron chi connectivity index (χ0n) is 16.6. The fraction of sp³-hybridized carbons (Fsp3) is 0.333. The average molecular weight is 426 g/mol. The van der Waals surface area contributed by atoms with Gasteiger partial charge in [0, 0.05) is 23.6 Å². The lowest BCUT2D eigenvalue weighted by Crippen LogP contribution is -2.19. The van der Waals surface area contributed by atoms with Crippen LogP contribution in [-0.2, 0) is 0 Å². The Labute approximate surface area is 178 Å². The molecule has 1 aliphatic rings. The minimum absolute atomic E-state index is 0.104. The summed E-state index contributed by atoms with van der Waals surface area (Å²) in [6.45, 7) is 2.18. The van der Waals surface area contributed by atoms with Crippen molar-refractivity contribution < 1.29 is 8.78 Å². The molecule has 5 rings (SSSR count). The number of hydrogen-bond acceptors (Lipinski definition) is 2. The predicted molar refractivity (Wildman–Crippen MR) is 116 cm³/mol. The second-order valence-electron chi connectivity index (χ2n) is 8.37. The lowest BCUT2D eigenvalue weighted by molar-refractivity contribution is 0.286. The number of hydrogen-bond donors (Lipinski definition) is 1. The van der Waals surface area contributed by atoms with Crippen LogP contribution in [0, 0.1) is 17.6 Å². The fourth-order valence-corrected chi connectivity index (χ4v) is 5.05. The van der Waals surface area contributed by atoms with E-state index in [9.17, 15) is 8.78 Å². The van der Waals surface area contributed by atoms with Crippen LogP contribution in [0.2, 0.25) is 5.02 Å². The first-order valence-corrected chi connectivity index (χ1v) is 10.8. The molecule has 2 aromatic heterocycles. The molecule has 1 atom stereocenters. The first kappa shape index (κ1) is 19.4. The number of rotatable bonds is 3. The maximum Gasteiger partial charge on any atom is 0.144 e. The van der Waals surface area contributed by atoms with Crippen molar-refractivity contribution in [2.75, 3.05) is 0 Å². The van der Waals surface area contributed by atoms with Crippen molar-refractivity contribution in [1.82, 2.24) is 15.0 Å². The summed E-state index contributed by atoms with van der Waals surface area (Å²) in [6, 6.07) is 9.83. The maximum absolute atomic E-state index is 13.8. The molecule has 0 aliphatic heterocycles. The van der Waals surface area contributed by atoms with Gasteiger partial charge in [-0.25, -0.2) is 13.8 Å². The summed E-state index contributed by atoms with van der Waals surface area (Å²) in [6.07, 6.45) is 6.05. The van der Waals surface area contributed by atoms with Crippen LogP contribution in [0.3, 0.4) is 0 Å². The first-order valence-electron chi connectivity index (χ1n) is 10.4. The average Bonchev–Trinajstić information content (AvgIpc) is 3.16. The molecule has 1 N–H and O–H groups in total. The highest BCUT2D eigenvalue weighted by atomic mass is 35.5. The smallest absolute Gasteiger partial charge is 0.144 e. The SMILES string of the molecule is C[C@@H](c1nc2cc(F)c(Cl)cc2[nH]1)[C@H]1CC[C@@H](c2ccnc3ccc(F)cc32)CC1. The molecule has 0 spiro atoms. The number of nitrogens with zero attached hydrogens (tertiary/aromatic N) is 2. The van der Waals surface area contributed by atoms with E-state index in [1.807, 2.05) is 12.3 Å². The zero-order chi connectivity index (χ0) is 20.8. The largest absolute Gasteiger partial charge is 0.342 e. The first-order chi connectivity index (χ1) is 14.5. The van der Waals surface area contributed by atoms with Crippen LogP contribution >= 0.6 is 11.6 Å². The van der Waals surface area contributed by atoms with Gasteiger partial charge in [0.1, 0.15) is 17.5 Å². The summed E-state index contributed by atoms with van der Waals surface area (Å²) in [7, 11) is 0. The van der Waals surface area contributed by atoms with E-state index in [4.69, 9.17) is 11.6 Å². The molecule has 2 heterocycles. The predicted octanol–water partition coefficient (Wildman–Crippen LogP) is 7.12. The van der Waals surface area contributed by atoms with Gasteiger partial charge in [-0.2, -0.15) is 0 Å². The minimum atomic E-state index is -0.448. The molecule has 0 unspecified atom stereocenters. The van der Waals surface area contributed by atoms with E-state index in [1.165, 1.54) is 17.7 Å². The summed E-state index contributed by atoms with van der Waals surface area (Å²) >= 11 is 5.90. The Morgan fingerprint density at radius 2 is 1.83 bits per heavy atom. The molecule has 0 amide bonds. The van der Waals surface area contributed by atoms with E-state index in [0.29, 0.717) is 17.4 Å². The molecule has 0 saturated heterocycles. The lowest BCUT2D eigenvalue weighted by atomic mass is 9.73. The lowest BCUT2D eigenvalue weighted by Gasteiger charge is -2.32. The van der Waals surface area contributed by atoms with Crippen LogP contribution in [0.4, 0.5) is 8.78 Å². The highest BCUT2D eigenvalue weighted by molar-refractivity contribution is 6.31. The minimum Gasteiger partial charge on any atom is -0.342 e. The van der Waals surface area contributed by atoms with Crippen LogP contribution in [0.15, 0.2) is 42.6 Å². The van der Waals surface area contributed by atoms with E-state index < -0.39 is 5.82 Å². The molecule has 1 aliphatic carbocycles. The maximum atomic E-state index is 13.8. The number of aromatic amines is 1. The molecule has 3 nitrogen and oxygen atoms in total. The Hall–Kier alpha value is -2.53. The van der Waals surface area contributed by atoms with Crippen LogP contribution in [0.5, 0.6) is 0 Å². The molecule has 30 heavy (non-hydrogen) atoms. The molecule has 1 saturated carbocycles. The quantitative estimate of drug-likeness (QED) is 0.379. The summed E-state index contributed by atoms with van der Waals surface area (Å²) in [5.74, 6) is 1.35. The van der Waals surface area contributed by atoms with E-state index in [2.05, 4.69) is 21.9 Å². The van der Waals surface area contributed by atoms with Gasteiger partial charge in [-0.05, 0) is 73.4 Å². The van der Waals surface area contributed by atoms with Gasteiger partial charge < -0.3 is 4.98 Å². The topological polar surface area (TPSA) is 41.6 Å². The number of benzene rings is 2. The van der Waals surface area contributed by atoms with Crippen molar-refractivity contribution >= 4 is 33.5 Å². The Morgan fingerprint density at radius 1 is 1.03 bits per heavy atom. The van der Waals surface area contributed by atoms with Gasteiger partial charge in [0.15, 0.2) is 0 Å². The van der Waals surface area contributed by atoms with Gasteiger partial charge in [-0.15, -0.1) is 0 Å². The summed E-state index contributed by atoms with van der Waals surface area (Å²) in [5, 5.41) is 1.03. The number of fused-ring (bicyclic) bond motifs is 2. The van der Waals surface area contributed by atoms with Gasteiger partial charge >= 0.3 is 0 Å². The zero-order valence-corrected chi connectivity index (χ0v) is 17.4. The molecule has 0 radical (unpaired) electrons. The third-order valence-electron chi connectivity index (χ3n) is 6.63. The van der Waals surface area contributed by atoms with E-state index >= 15 is 0 Å². The standard InChI is InChI=1S/C24H22ClF2N3/c1-13(24-29-22-11-19(25)20(27)12-23(22)30-24)14-2-4-15(5-3-14)17-8-9-28-21-7-6-16(26)10-18(17)21/h6-15H,2-5H2,1H3,(H,29,30)/t13-,14-,15+/m1/s1. The molecule has 6 heteroatoms. The number of nitrogens with one attached hydrogen (secondary N) is 1. The number of imidazole rings is 1. The Kier molecular flexibility index (Phi) is 4.94. The second kappa shape index (κ2) is 7.62. The molecule has 4 aromatic rings. The molecule has 2 aromatic carbocycles. The van der Waals surface area contributed by atoms with Crippen molar-refractivity contribution in [2.45, 2.75) is 44.4 Å². The highest BCUT2D eigenvalue weighted by Gasteiger charge is 2.29. The second-order valence-corrected chi connectivity index (χ2v) is 8.77. The monoisotopic (exact) mass is 425 g/mol. The third-order valence-corrected chi connectivity index (χ3v) is 6.92. The van der Waals surface area contributed by atoms with E-state index in [-0.39, 0.29) is 16.8 Å². The van der Waals surface area contributed by atoms with Gasteiger partial charge in [0.05, 0.1) is 21.6 Å². The van der Waals surface area contributed by atoms with E-state index in [1.54, 1.807) is 18.2 Å². The normalized spacial score (nSPS) is 20.7. The van der Waals surface area contributed by atoms with E-state index in [0.717, 1.165) is 47.9 Å². The Morgan fingerprint density at radius 3 is 2.63 bits per heavy atom. The Bertz CT molecular complexity index is 1190. The highest BCUT2D eigenvalue weighted by Crippen LogP contribution is 2.43. The van der Waals surface area contributed by atoms with Crippen molar-refractivity contribution in [1.29, 1.82) is 0 Å². The van der Waals surface area contributed by atoms with Crippen LogP contribution in [0.25, 0.3) is 21.9 Å². The summed E-state index contributed by atoms with van der Waals surface area (Å²) in [4.78, 5) is 12.3. The van der Waals surface area contributed by atoms with Gasteiger partial charge in [0.25, 0.3) is 0 Å². The number of aromatic nitrogens is 3. The summed E-state index contributed by atoms with van der Waals surface area (Å²) in [5.41, 5.74) is 3.41. The Balaban J connectivity index is 1.34. The number of halogens is 3. The molecule has 1 fully saturated rings. The molecule has 0 bridgehead atoms. The van der Waals surface area contributed by atoms with Crippen LogP contribution in [-0.4, -0.2) is 15.0 Å². The van der Waals surface area contributed by atoms with Crippen molar-refractivity contribution in [3.8, 4) is 0 Å². The molecular weight excluding hydrogens is 404 g/mol.